The second-order valence-corrected chi connectivity index (χ2v) is 4.07. The van der Waals surface area contributed by atoms with E-state index in [1.165, 1.54) is 25.9 Å². The van der Waals surface area contributed by atoms with Crippen molar-refractivity contribution in [2.24, 2.45) is 0 Å². The average molecular weight is 213 g/mol. The molecule has 1 saturated heterocycles. The average Bonchev–Trinajstić information content (AvgIpc) is 2.31. The minimum absolute atomic E-state index is 0.775. The quantitative estimate of drug-likeness (QED) is 0.526. The molecule has 1 N–H and O–H groups in total. The van der Waals surface area contributed by atoms with Crippen LogP contribution in [0.2, 0.25) is 0 Å². The lowest BCUT2D eigenvalue weighted by molar-refractivity contribution is 0.276. The molecule has 1 aliphatic heterocycles. The highest BCUT2D eigenvalue weighted by Gasteiger charge is 2.13. The fourth-order valence-electron chi connectivity index (χ4n) is 1.26. The third-order valence-corrected chi connectivity index (χ3v) is 1.87. The van der Waals surface area contributed by atoms with Crippen LogP contribution in [0.1, 0.15) is 26.7 Å². The van der Waals surface area contributed by atoms with E-state index in [2.05, 4.69) is 18.7 Å². The Balaban J connectivity index is 0.000000252. The van der Waals surface area contributed by atoms with E-state index in [1.54, 1.807) is 0 Å². The van der Waals surface area contributed by atoms with Crippen molar-refractivity contribution >= 4 is 10.5 Å². The Morgan fingerprint density at radius 1 is 1.31 bits per heavy atom. The van der Waals surface area contributed by atoms with Crippen molar-refractivity contribution in [3.63, 3.8) is 0 Å². The van der Waals surface area contributed by atoms with Gasteiger partial charge >= 0.3 is 10.5 Å². The number of nitrogens with zero attached hydrogens (tertiary/aromatic N) is 1. The summed E-state index contributed by atoms with van der Waals surface area (Å²) in [6, 6.07) is 0.775. The number of rotatable bonds is 1. The molecule has 0 radical (unpaired) electrons. The van der Waals surface area contributed by atoms with Gasteiger partial charge in [0.1, 0.15) is 0 Å². The Morgan fingerprint density at radius 2 is 1.62 bits per heavy atom. The van der Waals surface area contributed by atoms with Crippen LogP contribution in [0.3, 0.4) is 0 Å². The Morgan fingerprint density at radius 3 is 1.77 bits per heavy atom. The monoisotopic (exact) mass is 213 g/mol. The highest BCUT2D eigenvalue weighted by molar-refractivity contribution is 7.80. The van der Waals surface area contributed by atoms with Crippen LogP contribution in [0.4, 0.5) is 3.89 Å². The largest absolute Gasteiger partial charge is 0.435 e. The van der Waals surface area contributed by atoms with Gasteiger partial charge in [0.25, 0.3) is 0 Å². The zero-order valence-corrected chi connectivity index (χ0v) is 8.72. The van der Waals surface area contributed by atoms with E-state index in [9.17, 15) is 3.89 Å². The molecule has 13 heavy (non-hydrogen) atoms. The van der Waals surface area contributed by atoms with E-state index >= 15 is 0 Å². The van der Waals surface area contributed by atoms with E-state index in [0.717, 1.165) is 6.04 Å². The predicted molar refractivity (Wildman–Crippen MR) is 48.6 cm³/mol. The first kappa shape index (κ1) is 12.8. The van der Waals surface area contributed by atoms with Crippen LogP contribution in [0.25, 0.3) is 0 Å². The molecule has 0 bridgehead atoms. The van der Waals surface area contributed by atoms with Crippen molar-refractivity contribution in [3.05, 3.63) is 0 Å². The molecule has 4 nitrogen and oxygen atoms in total. The first-order chi connectivity index (χ1) is 5.80. The lowest BCUT2D eigenvalue weighted by Gasteiger charge is -2.18. The molecule has 0 atom stereocenters. The van der Waals surface area contributed by atoms with E-state index in [1.807, 2.05) is 0 Å². The van der Waals surface area contributed by atoms with Crippen LogP contribution in [-0.2, 0) is 10.5 Å². The van der Waals surface area contributed by atoms with Crippen LogP contribution in [0.15, 0.2) is 0 Å². The summed E-state index contributed by atoms with van der Waals surface area (Å²) < 4.78 is 34.1. The minimum Gasteiger partial charge on any atom is -0.301 e. The summed E-state index contributed by atoms with van der Waals surface area (Å²) in [6.07, 6.45) is 2.83. The highest BCUT2D eigenvalue weighted by atomic mass is 32.3. The number of hydrogen-bond donors (Lipinski definition) is 1. The van der Waals surface area contributed by atoms with Crippen LogP contribution >= 0.6 is 0 Å². The van der Waals surface area contributed by atoms with Crippen molar-refractivity contribution in [3.8, 4) is 0 Å². The van der Waals surface area contributed by atoms with Crippen LogP contribution in [0.5, 0.6) is 0 Å². The maximum atomic E-state index is 10.2. The Kier molecular flexibility index (Phi) is 5.43. The zero-order chi connectivity index (χ0) is 10.5. The third kappa shape index (κ3) is 9.72. The molecule has 0 aromatic carbocycles. The normalized spacial score (nSPS) is 18.5. The van der Waals surface area contributed by atoms with Gasteiger partial charge in [-0.1, -0.05) is 3.89 Å². The van der Waals surface area contributed by atoms with E-state index in [4.69, 9.17) is 13.0 Å². The van der Waals surface area contributed by atoms with Gasteiger partial charge in [0.05, 0.1) is 0 Å². The summed E-state index contributed by atoms with van der Waals surface area (Å²) in [5, 5.41) is 0. The van der Waals surface area contributed by atoms with Crippen molar-refractivity contribution in [1.29, 1.82) is 0 Å². The van der Waals surface area contributed by atoms with E-state index in [0.29, 0.717) is 0 Å². The first-order valence-corrected chi connectivity index (χ1v) is 5.56. The van der Waals surface area contributed by atoms with Gasteiger partial charge < -0.3 is 4.90 Å². The molecular formula is C7H16FNO3S. The van der Waals surface area contributed by atoms with E-state index in [-0.39, 0.29) is 0 Å². The predicted octanol–water partition coefficient (Wildman–Crippen LogP) is 1.25. The van der Waals surface area contributed by atoms with Crippen molar-refractivity contribution in [2.75, 3.05) is 13.1 Å². The molecular weight excluding hydrogens is 197 g/mol. The number of halogens is 1. The summed E-state index contributed by atoms with van der Waals surface area (Å²) in [5.74, 6) is 0. The maximum absolute atomic E-state index is 10.2. The van der Waals surface area contributed by atoms with Gasteiger partial charge in [-0.05, 0) is 39.8 Å². The summed E-state index contributed by atoms with van der Waals surface area (Å²) >= 11 is 0. The molecule has 1 heterocycles. The molecule has 0 amide bonds. The van der Waals surface area contributed by atoms with Crippen LogP contribution in [-0.4, -0.2) is 37.0 Å². The number of hydrogen-bond acceptors (Lipinski definition) is 3. The molecule has 80 valence electrons. The molecule has 1 aliphatic rings. The summed E-state index contributed by atoms with van der Waals surface area (Å²) in [5.41, 5.74) is 0. The molecule has 0 aromatic rings. The van der Waals surface area contributed by atoms with Gasteiger partial charge in [0.15, 0.2) is 0 Å². The standard InChI is InChI=1S/C7H15N.FHO3S/c1-7(2)8-5-3-4-6-8;1-5(2,3)4/h7H,3-6H2,1-2H3;(H,2,3,4). The van der Waals surface area contributed by atoms with Gasteiger partial charge in [-0.3, -0.25) is 4.55 Å². The molecule has 1 rings (SSSR count). The minimum atomic E-state index is -5.17. The van der Waals surface area contributed by atoms with Crippen molar-refractivity contribution in [1.82, 2.24) is 4.90 Å². The van der Waals surface area contributed by atoms with Crippen LogP contribution in [0, 0.1) is 0 Å². The van der Waals surface area contributed by atoms with Crippen molar-refractivity contribution in [2.45, 2.75) is 32.7 Å². The van der Waals surface area contributed by atoms with Crippen molar-refractivity contribution < 1.29 is 16.9 Å². The van der Waals surface area contributed by atoms with E-state index < -0.39 is 10.5 Å². The zero-order valence-electron chi connectivity index (χ0n) is 7.90. The molecule has 0 spiro atoms. The first-order valence-electron chi connectivity index (χ1n) is 4.22. The fourth-order valence-corrected chi connectivity index (χ4v) is 1.26. The van der Waals surface area contributed by atoms with Gasteiger partial charge in [0, 0.05) is 6.04 Å². The molecule has 0 unspecified atom stereocenters. The van der Waals surface area contributed by atoms with Crippen LogP contribution < -0.4 is 0 Å². The Bertz CT molecular complexity index is 214. The summed E-state index contributed by atoms with van der Waals surface area (Å²) in [6.45, 7) is 7.20. The van der Waals surface area contributed by atoms with Gasteiger partial charge in [0.2, 0.25) is 0 Å². The topological polar surface area (TPSA) is 57.6 Å². The fraction of sp³-hybridized carbons (Fsp3) is 1.00. The second-order valence-electron chi connectivity index (χ2n) is 3.25. The molecule has 6 heteroatoms. The maximum Gasteiger partial charge on any atom is 0.435 e. The Labute approximate surface area is 78.8 Å². The van der Waals surface area contributed by atoms with Gasteiger partial charge in [-0.2, -0.15) is 8.42 Å². The summed E-state index contributed by atoms with van der Waals surface area (Å²) in [7, 11) is -5.17. The van der Waals surface area contributed by atoms with Gasteiger partial charge in [-0.15, -0.1) is 0 Å². The van der Waals surface area contributed by atoms with Gasteiger partial charge in [-0.25, -0.2) is 0 Å². The lowest BCUT2D eigenvalue weighted by Crippen LogP contribution is -2.26. The third-order valence-electron chi connectivity index (χ3n) is 1.87. The SMILES string of the molecule is CC(C)N1CCCC1.O=S(=O)(O)F. The smallest absolute Gasteiger partial charge is 0.301 e. The molecule has 0 aliphatic carbocycles. The lowest BCUT2D eigenvalue weighted by atomic mass is 10.3. The summed E-state index contributed by atoms with van der Waals surface area (Å²) in [4.78, 5) is 2.53. The second kappa shape index (κ2) is 5.51. The Hall–Kier alpha value is -0.200. The number of likely N-dealkylation sites (tertiary alicyclic amines) is 1. The molecule has 1 fully saturated rings. The molecule has 0 saturated carbocycles. The molecule has 0 aromatic heterocycles. The highest BCUT2D eigenvalue weighted by Crippen LogP contribution is 2.09.